The van der Waals surface area contributed by atoms with E-state index in [0.29, 0.717) is 19.0 Å². The van der Waals surface area contributed by atoms with Crippen LogP contribution in [0.3, 0.4) is 0 Å². The van der Waals surface area contributed by atoms with Crippen molar-refractivity contribution in [3.63, 3.8) is 0 Å². The van der Waals surface area contributed by atoms with Gasteiger partial charge in [0.2, 0.25) is 0 Å². The summed E-state index contributed by atoms with van der Waals surface area (Å²) in [5, 5.41) is 17.2. The van der Waals surface area contributed by atoms with Crippen LogP contribution in [0.5, 0.6) is 0 Å². The van der Waals surface area contributed by atoms with Crippen LogP contribution in [0.4, 0.5) is 4.79 Å². The van der Waals surface area contributed by atoms with E-state index in [4.69, 9.17) is 10.2 Å². The molecule has 4 heteroatoms. The molecule has 1 atom stereocenters. The molecule has 70 valence electrons. The third-order valence-electron chi connectivity index (χ3n) is 2.33. The van der Waals surface area contributed by atoms with Crippen molar-refractivity contribution in [2.24, 2.45) is 5.92 Å². The number of amides is 1. The van der Waals surface area contributed by atoms with Crippen molar-refractivity contribution in [3.05, 3.63) is 0 Å². The van der Waals surface area contributed by atoms with E-state index in [0.717, 1.165) is 19.3 Å². The summed E-state index contributed by atoms with van der Waals surface area (Å²) in [7, 11) is 0. The van der Waals surface area contributed by atoms with Gasteiger partial charge in [0.25, 0.3) is 0 Å². The van der Waals surface area contributed by atoms with Crippen molar-refractivity contribution in [1.82, 2.24) is 4.90 Å². The molecule has 4 nitrogen and oxygen atoms in total. The molecule has 1 aliphatic heterocycles. The van der Waals surface area contributed by atoms with E-state index in [1.54, 1.807) is 0 Å². The van der Waals surface area contributed by atoms with Gasteiger partial charge >= 0.3 is 6.09 Å². The number of hydrogen-bond donors (Lipinski definition) is 2. The number of hydrogen-bond acceptors (Lipinski definition) is 2. The van der Waals surface area contributed by atoms with Gasteiger partial charge in [-0.3, -0.25) is 0 Å². The molecule has 1 aliphatic rings. The Balaban J connectivity index is 2.21. The normalized spacial score (nSPS) is 23.1. The maximum absolute atomic E-state index is 10.5. The number of aliphatic hydroxyl groups excluding tert-OH is 1. The van der Waals surface area contributed by atoms with Crippen LogP contribution in [0.25, 0.3) is 0 Å². The summed E-state index contributed by atoms with van der Waals surface area (Å²) in [6.45, 7) is 1.52. The van der Waals surface area contributed by atoms with Gasteiger partial charge in [0.1, 0.15) is 0 Å². The molecule has 0 aromatic heterocycles. The van der Waals surface area contributed by atoms with Gasteiger partial charge in [0.05, 0.1) is 0 Å². The zero-order valence-electron chi connectivity index (χ0n) is 7.07. The molecule has 1 amide bonds. The Morgan fingerprint density at radius 1 is 1.58 bits per heavy atom. The van der Waals surface area contributed by atoms with Crippen LogP contribution in [0.2, 0.25) is 0 Å². The zero-order chi connectivity index (χ0) is 8.97. The molecule has 0 aliphatic carbocycles. The van der Waals surface area contributed by atoms with E-state index in [-0.39, 0.29) is 6.61 Å². The molecule has 0 unspecified atom stereocenters. The van der Waals surface area contributed by atoms with Crippen LogP contribution in [-0.4, -0.2) is 40.9 Å². The maximum atomic E-state index is 10.5. The van der Waals surface area contributed by atoms with Gasteiger partial charge in [-0.15, -0.1) is 0 Å². The third-order valence-corrected chi connectivity index (χ3v) is 2.33. The zero-order valence-corrected chi connectivity index (χ0v) is 7.07. The minimum absolute atomic E-state index is 0.212. The highest BCUT2D eigenvalue weighted by Gasteiger charge is 2.24. The highest BCUT2D eigenvalue weighted by Crippen LogP contribution is 2.20. The summed E-state index contributed by atoms with van der Waals surface area (Å²) in [5.41, 5.74) is 0. The second-order valence-electron chi connectivity index (χ2n) is 3.25. The fourth-order valence-electron chi connectivity index (χ4n) is 1.62. The van der Waals surface area contributed by atoms with E-state index >= 15 is 0 Å². The summed E-state index contributed by atoms with van der Waals surface area (Å²) < 4.78 is 0. The summed E-state index contributed by atoms with van der Waals surface area (Å²) >= 11 is 0. The first-order valence-electron chi connectivity index (χ1n) is 4.32. The summed E-state index contributed by atoms with van der Waals surface area (Å²) in [6, 6.07) is 0. The lowest BCUT2D eigenvalue weighted by atomic mass is 10.0. The first kappa shape index (κ1) is 9.32. The van der Waals surface area contributed by atoms with Crippen molar-refractivity contribution < 1.29 is 15.0 Å². The molecular weight excluding hydrogens is 158 g/mol. The Bertz CT molecular complexity index is 160. The minimum atomic E-state index is -0.818. The molecule has 0 saturated carbocycles. The van der Waals surface area contributed by atoms with Gasteiger partial charge in [-0.1, -0.05) is 0 Å². The molecule has 0 spiro atoms. The van der Waals surface area contributed by atoms with E-state index < -0.39 is 6.09 Å². The Labute approximate surface area is 71.8 Å². The Hall–Kier alpha value is -0.770. The highest BCUT2D eigenvalue weighted by atomic mass is 16.4. The van der Waals surface area contributed by atoms with E-state index in [2.05, 4.69) is 0 Å². The fraction of sp³-hybridized carbons (Fsp3) is 0.875. The van der Waals surface area contributed by atoms with Gasteiger partial charge in [0, 0.05) is 19.7 Å². The Kier molecular flexibility index (Phi) is 3.34. The average molecular weight is 173 g/mol. The summed E-state index contributed by atoms with van der Waals surface area (Å²) in [4.78, 5) is 11.9. The monoisotopic (exact) mass is 173 g/mol. The van der Waals surface area contributed by atoms with Gasteiger partial charge in [-0.2, -0.15) is 0 Å². The lowest BCUT2D eigenvalue weighted by molar-refractivity contribution is 0.153. The van der Waals surface area contributed by atoms with Crippen molar-refractivity contribution in [1.29, 1.82) is 0 Å². The number of carbonyl (C=O) groups is 1. The number of rotatable bonds is 3. The first-order valence-corrected chi connectivity index (χ1v) is 4.32. The van der Waals surface area contributed by atoms with Gasteiger partial charge in [-0.25, -0.2) is 4.79 Å². The van der Waals surface area contributed by atoms with Crippen LogP contribution < -0.4 is 0 Å². The van der Waals surface area contributed by atoms with Crippen LogP contribution in [0, 0.1) is 5.92 Å². The molecule has 1 heterocycles. The number of likely N-dealkylation sites (tertiary alicyclic amines) is 1. The predicted molar refractivity (Wildman–Crippen MR) is 44.0 cm³/mol. The molecule has 1 fully saturated rings. The van der Waals surface area contributed by atoms with Crippen molar-refractivity contribution >= 4 is 6.09 Å². The lowest BCUT2D eigenvalue weighted by Gasteiger charge is -2.11. The smallest absolute Gasteiger partial charge is 0.407 e. The van der Waals surface area contributed by atoms with Gasteiger partial charge < -0.3 is 15.1 Å². The average Bonchev–Trinajstić information content (AvgIpc) is 2.48. The third kappa shape index (κ3) is 2.37. The number of nitrogens with zero attached hydrogens (tertiary/aromatic N) is 1. The second-order valence-corrected chi connectivity index (χ2v) is 3.25. The molecular formula is C8H15NO3. The van der Waals surface area contributed by atoms with Crippen LogP contribution in [0.1, 0.15) is 19.3 Å². The summed E-state index contributed by atoms with van der Waals surface area (Å²) in [6.07, 6.45) is 1.87. The first-order chi connectivity index (χ1) is 5.74. The lowest BCUT2D eigenvalue weighted by Crippen LogP contribution is -2.26. The van der Waals surface area contributed by atoms with Crippen molar-refractivity contribution in [2.75, 3.05) is 19.7 Å². The van der Waals surface area contributed by atoms with E-state index in [1.807, 2.05) is 0 Å². The second kappa shape index (κ2) is 4.30. The van der Waals surface area contributed by atoms with Gasteiger partial charge in [-0.05, 0) is 25.2 Å². The summed E-state index contributed by atoms with van der Waals surface area (Å²) in [5.74, 6) is 0.466. The van der Waals surface area contributed by atoms with E-state index in [9.17, 15) is 4.79 Å². The molecule has 12 heavy (non-hydrogen) atoms. The molecule has 0 aromatic rings. The highest BCUT2D eigenvalue weighted by molar-refractivity contribution is 5.65. The quantitative estimate of drug-likeness (QED) is 0.662. The molecule has 2 N–H and O–H groups in total. The fourth-order valence-corrected chi connectivity index (χ4v) is 1.62. The predicted octanol–water partition coefficient (Wildman–Crippen LogP) is 0.759. The Morgan fingerprint density at radius 3 is 2.83 bits per heavy atom. The maximum Gasteiger partial charge on any atom is 0.407 e. The topological polar surface area (TPSA) is 60.8 Å². The minimum Gasteiger partial charge on any atom is -0.465 e. The molecule has 0 bridgehead atoms. The number of aliphatic hydroxyl groups is 1. The number of carboxylic acid groups (broad SMARTS) is 1. The standard InChI is InChI=1S/C8H15NO3/c10-5-1-2-7-3-4-9(6-7)8(11)12/h7,10H,1-6H2,(H,11,12)/t7-/m1/s1. The van der Waals surface area contributed by atoms with Crippen LogP contribution in [-0.2, 0) is 0 Å². The van der Waals surface area contributed by atoms with Gasteiger partial charge in [0.15, 0.2) is 0 Å². The van der Waals surface area contributed by atoms with Crippen molar-refractivity contribution in [2.45, 2.75) is 19.3 Å². The SMILES string of the molecule is O=C(O)N1CC[C@@H](CCCO)C1. The largest absolute Gasteiger partial charge is 0.465 e. The van der Waals surface area contributed by atoms with Crippen LogP contribution >= 0.6 is 0 Å². The van der Waals surface area contributed by atoms with Crippen LogP contribution in [0.15, 0.2) is 0 Å². The van der Waals surface area contributed by atoms with Crippen molar-refractivity contribution in [3.8, 4) is 0 Å². The molecule has 0 aromatic carbocycles. The van der Waals surface area contributed by atoms with E-state index in [1.165, 1.54) is 4.90 Å². The molecule has 1 saturated heterocycles. The molecule has 0 radical (unpaired) electrons. The molecule has 1 rings (SSSR count). The Morgan fingerprint density at radius 2 is 2.33 bits per heavy atom.